The number of carbonyl (C=O) groups is 1. The number of nitrogens with two attached hydrogens (primary N) is 1. The maximum Gasteiger partial charge on any atom is 0.260 e. The molecule has 0 saturated carbocycles. The van der Waals surface area contributed by atoms with Crippen molar-refractivity contribution < 1.29 is 13.6 Å². The summed E-state index contributed by atoms with van der Waals surface area (Å²) < 4.78 is 27.2. The average Bonchev–Trinajstić information content (AvgIpc) is 2.34. The van der Waals surface area contributed by atoms with E-state index in [1.807, 2.05) is 0 Å². The second kappa shape index (κ2) is 5.95. The molecule has 5 heteroatoms. The van der Waals surface area contributed by atoms with Crippen molar-refractivity contribution in [3.63, 3.8) is 0 Å². The van der Waals surface area contributed by atoms with Crippen LogP contribution in [0.5, 0.6) is 0 Å². The molecule has 0 aromatic heterocycles. The molecule has 0 aliphatic carbocycles. The van der Waals surface area contributed by atoms with Gasteiger partial charge in [-0.15, -0.1) is 13.2 Å². The second-order valence-corrected chi connectivity index (χ2v) is 3.61. The van der Waals surface area contributed by atoms with Gasteiger partial charge in [-0.2, -0.15) is 0 Å². The highest BCUT2D eigenvalue weighted by Crippen LogP contribution is 2.20. The number of carbonyl (C=O) groups excluding carboxylic acids is 1. The van der Waals surface area contributed by atoms with Gasteiger partial charge < -0.3 is 10.6 Å². The van der Waals surface area contributed by atoms with Crippen LogP contribution in [0.25, 0.3) is 0 Å². The molecule has 1 rings (SSSR count). The van der Waals surface area contributed by atoms with E-state index in [0.717, 1.165) is 12.1 Å². The summed E-state index contributed by atoms with van der Waals surface area (Å²) in [6, 6.07) is 2.04. The molecule has 0 radical (unpaired) electrons. The Bertz CT molecular complexity index is 476. The Hall–Kier alpha value is -2.17. The summed E-state index contributed by atoms with van der Waals surface area (Å²) in [4.78, 5) is 13.2. The summed E-state index contributed by atoms with van der Waals surface area (Å²) in [6.45, 7) is 7.29. The van der Waals surface area contributed by atoms with E-state index in [0.29, 0.717) is 0 Å². The lowest BCUT2D eigenvalue weighted by molar-refractivity contribution is 0.0781. The van der Waals surface area contributed by atoms with Gasteiger partial charge in [-0.1, -0.05) is 12.2 Å². The van der Waals surface area contributed by atoms with Gasteiger partial charge >= 0.3 is 0 Å². The molecule has 0 aliphatic heterocycles. The molecule has 1 aromatic rings. The highest BCUT2D eigenvalue weighted by atomic mass is 19.1. The molecule has 1 amide bonds. The summed E-state index contributed by atoms with van der Waals surface area (Å²) in [6.07, 6.45) is 2.92. The van der Waals surface area contributed by atoms with E-state index in [1.54, 1.807) is 0 Å². The Kier molecular flexibility index (Phi) is 4.59. The smallest absolute Gasteiger partial charge is 0.260 e. The average molecular weight is 252 g/mol. The van der Waals surface area contributed by atoms with Crippen molar-refractivity contribution in [2.24, 2.45) is 0 Å². The van der Waals surface area contributed by atoms with Gasteiger partial charge in [-0.3, -0.25) is 4.79 Å². The van der Waals surface area contributed by atoms with Gasteiger partial charge in [0.1, 0.15) is 11.4 Å². The summed E-state index contributed by atoms with van der Waals surface area (Å²) in [5.74, 6) is -2.76. The lowest BCUT2D eigenvalue weighted by Crippen LogP contribution is -2.32. The quantitative estimate of drug-likeness (QED) is 0.646. The molecule has 3 nitrogen and oxygen atoms in total. The molecular weight excluding hydrogens is 238 g/mol. The number of nitrogens with zero attached hydrogens (tertiary/aromatic N) is 1. The molecule has 0 heterocycles. The predicted octanol–water partition coefficient (Wildman–Crippen LogP) is 2.36. The first-order chi connectivity index (χ1) is 8.52. The SMILES string of the molecule is C=CCN(CC=C)C(=O)c1c(F)ccc(N)c1F. The maximum absolute atomic E-state index is 13.7. The number of anilines is 1. The maximum atomic E-state index is 13.7. The monoisotopic (exact) mass is 252 g/mol. The lowest BCUT2D eigenvalue weighted by Gasteiger charge is -2.20. The van der Waals surface area contributed by atoms with E-state index in [9.17, 15) is 13.6 Å². The third kappa shape index (κ3) is 2.74. The number of hydrogen-bond donors (Lipinski definition) is 1. The number of amides is 1. The fourth-order valence-corrected chi connectivity index (χ4v) is 1.47. The number of halogens is 2. The van der Waals surface area contributed by atoms with Crippen molar-refractivity contribution in [3.8, 4) is 0 Å². The standard InChI is InChI=1S/C13H14F2N2O/c1-3-7-17(8-4-2)13(18)11-9(14)5-6-10(16)12(11)15/h3-6H,1-2,7-8,16H2. The Morgan fingerprint density at radius 3 is 2.33 bits per heavy atom. The topological polar surface area (TPSA) is 46.3 Å². The summed E-state index contributed by atoms with van der Waals surface area (Å²) in [5.41, 5.74) is 4.40. The van der Waals surface area contributed by atoms with Gasteiger partial charge in [0, 0.05) is 13.1 Å². The first-order valence-corrected chi connectivity index (χ1v) is 5.27. The molecular formula is C13H14F2N2O. The van der Waals surface area contributed by atoms with Crippen LogP contribution in [-0.2, 0) is 0 Å². The Labute approximate surface area is 104 Å². The van der Waals surface area contributed by atoms with Crippen molar-refractivity contribution in [1.29, 1.82) is 0 Å². The van der Waals surface area contributed by atoms with Gasteiger partial charge in [-0.05, 0) is 12.1 Å². The van der Waals surface area contributed by atoms with Crippen molar-refractivity contribution in [2.75, 3.05) is 18.8 Å². The normalized spacial score (nSPS) is 9.89. The molecule has 2 N–H and O–H groups in total. The predicted molar refractivity (Wildman–Crippen MR) is 67.1 cm³/mol. The van der Waals surface area contributed by atoms with Crippen LogP contribution in [0.3, 0.4) is 0 Å². The molecule has 96 valence electrons. The summed E-state index contributed by atoms with van der Waals surface area (Å²) in [5, 5.41) is 0. The van der Waals surface area contributed by atoms with Crippen LogP contribution in [0.15, 0.2) is 37.4 Å². The van der Waals surface area contributed by atoms with Crippen LogP contribution < -0.4 is 5.73 Å². The third-order valence-corrected chi connectivity index (χ3v) is 2.32. The summed E-state index contributed by atoms with van der Waals surface area (Å²) >= 11 is 0. The minimum absolute atomic E-state index is 0.165. The van der Waals surface area contributed by atoms with Crippen molar-refractivity contribution >= 4 is 11.6 Å². The highest BCUT2D eigenvalue weighted by Gasteiger charge is 2.23. The highest BCUT2D eigenvalue weighted by molar-refractivity contribution is 5.95. The Balaban J connectivity index is 3.19. The van der Waals surface area contributed by atoms with Crippen LogP contribution in [0.2, 0.25) is 0 Å². The van der Waals surface area contributed by atoms with Gasteiger partial charge in [-0.25, -0.2) is 8.78 Å². The number of rotatable bonds is 5. The van der Waals surface area contributed by atoms with Crippen molar-refractivity contribution in [1.82, 2.24) is 4.90 Å². The van der Waals surface area contributed by atoms with Crippen LogP contribution in [0.4, 0.5) is 14.5 Å². The first kappa shape index (κ1) is 13.9. The van der Waals surface area contributed by atoms with Crippen LogP contribution in [0, 0.1) is 11.6 Å². The molecule has 0 bridgehead atoms. The molecule has 0 fully saturated rings. The van der Waals surface area contributed by atoms with Gasteiger partial charge in [0.05, 0.1) is 5.69 Å². The van der Waals surface area contributed by atoms with E-state index < -0.39 is 23.1 Å². The zero-order valence-corrected chi connectivity index (χ0v) is 9.83. The van der Waals surface area contributed by atoms with Gasteiger partial charge in [0.15, 0.2) is 5.82 Å². The summed E-state index contributed by atoms with van der Waals surface area (Å²) in [7, 11) is 0. The molecule has 0 spiro atoms. The van der Waals surface area contributed by atoms with E-state index in [-0.39, 0.29) is 18.8 Å². The van der Waals surface area contributed by atoms with Crippen LogP contribution >= 0.6 is 0 Å². The minimum Gasteiger partial charge on any atom is -0.396 e. The number of nitrogen functional groups attached to an aromatic ring is 1. The third-order valence-electron chi connectivity index (χ3n) is 2.32. The second-order valence-electron chi connectivity index (χ2n) is 3.61. The van der Waals surface area contributed by atoms with Crippen LogP contribution in [-0.4, -0.2) is 23.9 Å². The fourth-order valence-electron chi connectivity index (χ4n) is 1.47. The molecule has 18 heavy (non-hydrogen) atoms. The molecule has 0 aliphatic rings. The first-order valence-electron chi connectivity index (χ1n) is 5.27. The minimum atomic E-state index is -1.04. The van der Waals surface area contributed by atoms with E-state index in [4.69, 9.17) is 5.73 Å². The Morgan fingerprint density at radius 2 is 1.83 bits per heavy atom. The molecule has 0 atom stereocenters. The number of benzene rings is 1. The Morgan fingerprint density at radius 1 is 1.28 bits per heavy atom. The zero-order valence-electron chi connectivity index (χ0n) is 9.83. The van der Waals surface area contributed by atoms with Crippen LogP contribution in [0.1, 0.15) is 10.4 Å². The van der Waals surface area contributed by atoms with E-state index in [2.05, 4.69) is 13.2 Å². The molecule has 0 saturated heterocycles. The fraction of sp³-hybridized carbons (Fsp3) is 0.154. The molecule has 0 unspecified atom stereocenters. The van der Waals surface area contributed by atoms with Gasteiger partial charge in [0.25, 0.3) is 5.91 Å². The van der Waals surface area contributed by atoms with Gasteiger partial charge in [0.2, 0.25) is 0 Å². The zero-order chi connectivity index (χ0) is 13.7. The van der Waals surface area contributed by atoms with E-state index in [1.165, 1.54) is 17.1 Å². The molecule has 1 aromatic carbocycles. The van der Waals surface area contributed by atoms with Crippen molar-refractivity contribution in [2.45, 2.75) is 0 Å². The number of hydrogen-bond acceptors (Lipinski definition) is 2. The van der Waals surface area contributed by atoms with E-state index >= 15 is 0 Å². The van der Waals surface area contributed by atoms with Crippen molar-refractivity contribution in [3.05, 3.63) is 54.6 Å². The lowest BCUT2D eigenvalue weighted by atomic mass is 10.1. The largest absolute Gasteiger partial charge is 0.396 e.